The van der Waals surface area contributed by atoms with Crippen molar-refractivity contribution in [2.75, 3.05) is 25.9 Å². The molecule has 2 aliphatic heterocycles. The van der Waals surface area contributed by atoms with Crippen LogP contribution in [0.1, 0.15) is 12.8 Å². The third-order valence-electron chi connectivity index (χ3n) is 2.77. The summed E-state index contributed by atoms with van der Waals surface area (Å²) in [5.74, 6) is 0.946. The molecule has 3 nitrogen and oxygen atoms in total. The fraction of sp³-hybridized carbons (Fsp3) is 0.875. The number of nitrogens with one attached hydrogen (secondary N) is 1. The van der Waals surface area contributed by atoms with Crippen LogP contribution in [-0.2, 0) is 4.79 Å². The van der Waals surface area contributed by atoms with E-state index in [1.807, 2.05) is 11.9 Å². The Morgan fingerprint density at radius 3 is 3.00 bits per heavy atom. The van der Waals surface area contributed by atoms with Crippen LogP contribution in [-0.4, -0.2) is 41.6 Å². The van der Waals surface area contributed by atoms with Crippen molar-refractivity contribution in [1.29, 1.82) is 0 Å². The van der Waals surface area contributed by atoms with Gasteiger partial charge in [0.05, 0.1) is 5.75 Å². The maximum absolute atomic E-state index is 11.3. The molecule has 12 heavy (non-hydrogen) atoms. The van der Waals surface area contributed by atoms with Gasteiger partial charge in [-0.05, 0) is 19.4 Å². The minimum absolute atomic E-state index is 0.0926. The number of piperidine rings is 1. The Kier molecular flexibility index (Phi) is 2.04. The van der Waals surface area contributed by atoms with Crippen LogP contribution in [0.15, 0.2) is 0 Å². The zero-order valence-corrected chi connectivity index (χ0v) is 8.12. The van der Waals surface area contributed by atoms with Crippen LogP contribution < -0.4 is 5.32 Å². The molecule has 0 saturated carbocycles. The second-order valence-electron chi connectivity index (χ2n) is 3.47. The lowest BCUT2D eigenvalue weighted by Gasteiger charge is -2.38. The van der Waals surface area contributed by atoms with Crippen molar-refractivity contribution < 1.29 is 4.79 Å². The lowest BCUT2D eigenvalue weighted by atomic mass is 10.1. The summed E-state index contributed by atoms with van der Waals surface area (Å²) in [6, 6.07) is 0. The Bertz CT molecular complexity index is 201. The number of hydrogen-bond acceptors (Lipinski definition) is 3. The van der Waals surface area contributed by atoms with Gasteiger partial charge in [-0.15, -0.1) is 11.8 Å². The quantitative estimate of drug-likeness (QED) is 0.589. The standard InChI is InChI=1S/C8H14N2OS/c1-10-7(11)5-12-8(10)3-2-4-9-6-8/h9H,2-6H2,1H3/t8-/m1/s1. The van der Waals surface area contributed by atoms with Crippen molar-refractivity contribution in [2.24, 2.45) is 0 Å². The molecule has 0 aromatic carbocycles. The van der Waals surface area contributed by atoms with Crippen LogP contribution in [0.25, 0.3) is 0 Å². The molecule has 2 saturated heterocycles. The molecule has 2 rings (SSSR count). The summed E-state index contributed by atoms with van der Waals surface area (Å²) in [5.41, 5.74) is 0. The maximum atomic E-state index is 11.3. The highest BCUT2D eigenvalue weighted by Crippen LogP contribution is 2.39. The number of amides is 1. The molecule has 1 atom stereocenters. The van der Waals surface area contributed by atoms with E-state index in [2.05, 4.69) is 5.32 Å². The fourth-order valence-electron chi connectivity index (χ4n) is 1.89. The normalized spacial score (nSPS) is 36.4. The molecular weight excluding hydrogens is 172 g/mol. The summed E-state index contributed by atoms with van der Waals surface area (Å²) >= 11 is 1.80. The molecule has 4 heteroatoms. The minimum atomic E-state index is 0.0926. The van der Waals surface area contributed by atoms with Crippen LogP contribution >= 0.6 is 11.8 Å². The van der Waals surface area contributed by atoms with Gasteiger partial charge in [-0.25, -0.2) is 0 Å². The third kappa shape index (κ3) is 1.13. The highest BCUT2D eigenvalue weighted by molar-refractivity contribution is 8.01. The van der Waals surface area contributed by atoms with E-state index < -0.39 is 0 Å². The van der Waals surface area contributed by atoms with Gasteiger partial charge in [0.15, 0.2) is 0 Å². The topological polar surface area (TPSA) is 32.3 Å². The first-order chi connectivity index (χ1) is 5.75. The second kappa shape index (κ2) is 2.92. The molecule has 0 aliphatic carbocycles. The molecule has 0 aromatic rings. The zero-order valence-electron chi connectivity index (χ0n) is 7.30. The largest absolute Gasteiger partial charge is 0.329 e. The first-order valence-corrected chi connectivity index (χ1v) is 5.34. The van der Waals surface area contributed by atoms with Gasteiger partial charge in [0.25, 0.3) is 0 Å². The minimum Gasteiger partial charge on any atom is -0.329 e. The SMILES string of the molecule is CN1C(=O)CS[C@@]12CCCNC2. The van der Waals surface area contributed by atoms with Crippen molar-refractivity contribution in [1.82, 2.24) is 10.2 Å². The number of likely N-dealkylation sites (N-methyl/N-ethyl adjacent to an activating group) is 1. The smallest absolute Gasteiger partial charge is 0.233 e. The molecule has 0 unspecified atom stereocenters. The summed E-state index contributed by atoms with van der Waals surface area (Å²) in [7, 11) is 1.93. The Labute approximate surface area is 76.9 Å². The third-order valence-corrected chi connectivity index (χ3v) is 4.32. The van der Waals surface area contributed by atoms with Gasteiger partial charge >= 0.3 is 0 Å². The monoisotopic (exact) mass is 186 g/mol. The van der Waals surface area contributed by atoms with E-state index in [1.54, 1.807) is 11.8 Å². The van der Waals surface area contributed by atoms with Crippen LogP contribution in [0.3, 0.4) is 0 Å². The molecule has 2 heterocycles. The van der Waals surface area contributed by atoms with Crippen LogP contribution in [0.4, 0.5) is 0 Å². The van der Waals surface area contributed by atoms with Gasteiger partial charge < -0.3 is 10.2 Å². The van der Waals surface area contributed by atoms with Gasteiger partial charge in [0, 0.05) is 13.6 Å². The number of nitrogens with zero attached hydrogens (tertiary/aromatic N) is 1. The Morgan fingerprint density at radius 2 is 2.50 bits per heavy atom. The van der Waals surface area contributed by atoms with E-state index >= 15 is 0 Å². The Hall–Kier alpha value is -0.220. The number of thioether (sulfide) groups is 1. The summed E-state index contributed by atoms with van der Waals surface area (Å²) in [4.78, 5) is 13.3. The van der Waals surface area contributed by atoms with Crippen LogP contribution in [0.2, 0.25) is 0 Å². The van der Waals surface area contributed by atoms with Gasteiger partial charge in [0.1, 0.15) is 4.87 Å². The molecule has 2 aliphatic rings. The van der Waals surface area contributed by atoms with Gasteiger partial charge in [-0.1, -0.05) is 0 Å². The number of carbonyl (C=O) groups excluding carboxylic acids is 1. The predicted octanol–water partition coefficient (Wildman–Crippen LogP) is 0.271. The molecule has 1 spiro atoms. The predicted molar refractivity (Wildman–Crippen MR) is 50.1 cm³/mol. The van der Waals surface area contributed by atoms with E-state index in [4.69, 9.17) is 0 Å². The molecule has 1 N–H and O–H groups in total. The van der Waals surface area contributed by atoms with Gasteiger partial charge in [-0.3, -0.25) is 4.79 Å². The molecule has 2 fully saturated rings. The summed E-state index contributed by atoms with van der Waals surface area (Å²) in [6.45, 7) is 2.06. The summed E-state index contributed by atoms with van der Waals surface area (Å²) in [5, 5.41) is 3.35. The zero-order chi connectivity index (χ0) is 8.60. The number of carbonyl (C=O) groups is 1. The van der Waals surface area contributed by atoms with Crippen molar-refractivity contribution in [3.63, 3.8) is 0 Å². The van der Waals surface area contributed by atoms with E-state index in [-0.39, 0.29) is 10.8 Å². The van der Waals surface area contributed by atoms with Gasteiger partial charge in [-0.2, -0.15) is 0 Å². The average molecular weight is 186 g/mol. The maximum Gasteiger partial charge on any atom is 0.233 e. The average Bonchev–Trinajstić information content (AvgIpc) is 2.37. The van der Waals surface area contributed by atoms with Crippen molar-refractivity contribution in [3.8, 4) is 0 Å². The van der Waals surface area contributed by atoms with Gasteiger partial charge in [0.2, 0.25) is 5.91 Å². The van der Waals surface area contributed by atoms with Crippen molar-refractivity contribution in [3.05, 3.63) is 0 Å². The van der Waals surface area contributed by atoms with Crippen LogP contribution in [0.5, 0.6) is 0 Å². The first-order valence-electron chi connectivity index (χ1n) is 4.36. The summed E-state index contributed by atoms with van der Waals surface area (Å²) < 4.78 is 0. The number of rotatable bonds is 0. The van der Waals surface area contributed by atoms with E-state index in [1.165, 1.54) is 6.42 Å². The van der Waals surface area contributed by atoms with E-state index in [0.717, 1.165) is 19.5 Å². The molecular formula is C8H14N2OS. The van der Waals surface area contributed by atoms with Crippen molar-refractivity contribution in [2.45, 2.75) is 17.7 Å². The fourth-order valence-corrected chi connectivity index (χ4v) is 3.26. The Balaban J connectivity index is 2.14. The van der Waals surface area contributed by atoms with Crippen LogP contribution in [0, 0.1) is 0 Å². The van der Waals surface area contributed by atoms with E-state index in [9.17, 15) is 4.79 Å². The van der Waals surface area contributed by atoms with E-state index in [0.29, 0.717) is 5.75 Å². The first kappa shape index (κ1) is 8.38. The lowest BCUT2D eigenvalue weighted by molar-refractivity contribution is -0.128. The molecule has 68 valence electrons. The highest BCUT2D eigenvalue weighted by Gasteiger charge is 2.44. The molecule has 1 amide bonds. The highest BCUT2D eigenvalue weighted by atomic mass is 32.2. The number of hydrogen-bond donors (Lipinski definition) is 1. The molecule has 0 radical (unpaired) electrons. The molecule has 0 aromatic heterocycles. The second-order valence-corrected chi connectivity index (χ2v) is 4.81. The Morgan fingerprint density at radius 1 is 1.67 bits per heavy atom. The molecule has 0 bridgehead atoms. The summed E-state index contributed by atoms with van der Waals surface area (Å²) in [6.07, 6.45) is 2.33. The van der Waals surface area contributed by atoms with Crippen molar-refractivity contribution >= 4 is 17.7 Å². The lowest BCUT2D eigenvalue weighted by Crippen LogP contribution is -2.52.